The van der Waals surface area contributed by atoms with E-state index >= 15 is 0 Å². The van der Waals surface area contributed by atoms with E-state index in [1.54, 1.807) is 6.20 Å². The van der Waals surface area contributed by atoms with Gasteiger partial charge in [-0.15, -0.1) is 0 Å². The lowest BCUT2D eigenvalue weighted by Crippen LogP contribution is -1.96. The molecule has 0 radical (unpaired) electrons. The summed E-state index contributed by atoms with van der Waals surface area (Å²) < 4.78 is 1.87. The van der Waals surface area contributed by atoms with Crippen LogP contribution in [0.3, 0.4) is 0 Å². The SMILES string of the molecule is CCCCn1cc(N)cn1. The van der Waals surface area contributed by atoms with Gasteiger partial charge in [-0.1, -0.05) is 13.3 Å². The van der Waals surface area contributed by atoms with Crippen LogP contribution in [0.4, 0.5) is 5.69 Å². The van der Waals surface area contributed by atoms with Gasteiger partial charge in [0.1, 0.15) is 0 Å². The fourth-order valence-corrected chi connectivity index (χ4v) is 0.822. The first-order valence-corrected chi connectivity index (χ1v) is 3.61. The third kappa shape index (κ3) is 1.76. The molecule has 0 saturated carbocycles. The Balaban J connectivity index is 2.42. The summed E-state index contributed by atoms with van der Waals surface area (Å²) in [5, 5.41) is 4.04. The van der Waals surface area contributed by atoms with E-state index in [0.29, 0.717) is 0 Å². The van der Waals surface area contributed by atoms with Crippen LogP contribution in [0.2, 0.25) is 0 Å². The second-order valence-corrected chi connectivity index (χ2v) is 2.39. The number of unbranched alkanes of at least 4 members (excludes halogenated alkanes) is 1. The summed E-state index contributed by atoms with van der Waals surface area (Å²) in [4.78, 5) is 0. The van der Waals surface area contributed by atoms with Crippen molar-refractivity contribution in [3.8, 4) is 0 Å². The molecule has 0 aliphatic rings. The first-order valence-electron chi connectivity index (χ1n) is 3.61. The number of rotatable bonds is 3. The number of anilines is 1. The summed E-state index contributed by atoms with van der Waals surface area (Å²) in [5.74, 6) is 0. The molecule has 3 nitrogen and oxygen atoms in total. The van der Waals surface area contributed by atoms with Gasteiger partial charge in [0.05, 0.1) is 11.9 Å². The number of hydrogen-bond donors (Lipinski definition) is 1. The van der Waals surface area contributed by atoms with Crippen molar-refractivity contribution in [2.24, 2.45) is 0 Å². The smallest absolute Gasteiger partial charge is 0.0719 e. The second kappa shape index (κ2) is 3.25. The maximum absolute atomic E-state index is 5.47. The number of nitrogen functional groups attached to an aromatic ring is 1. The topological polar surface area (TPSA) is 43.8 Å². The van der Waals surface area contributed by atoms with Gasteiger partial charge in [-0.05, 0) is 6.42 Å². The van der Waals surface area contributed by atoms with E-state index < -0.39 is 0 Å². The summed E-state index contributed by atoms with van der Waals surface area (Å²) in [6, 6.07) is 0. The van der Waals surface area contributed by atoms with Crippen molar-refractivity contribution in [1.82, 2.24) is 9.78 Å². The largest absolute Gasteiger partial charge is 0.396 e. The van der Waals surface area contributed by atoms with E-state index in [-0.39, 0.29) is 0 Å². The zero-order valence-corrected chi connectivity index (χ0v) is 6.25. The molecule has 1 heterocycles. The molecular formula is C7H13N3. The van der Waals surface area contributed by atoms with E-state index in [0.717, 1.165) is 12.2 Å². The fraction of sp³-hybridized carbons (Fsp3) is 0.571. The van der Waals surface area contributed by atoms with Crippen molar-refractivity contribution >= 4 is 5.69 Å². The van der Waals surface area contributed by atoms with Gasteiger partial charge in [-0.3, -0.25) is 4.68 Å². The summed E-state index contributed by atoms with van der Waals surface area (Å²) >= 11 is 0. The Morgan fingerprint density at radius 2 is 2.50 bits per heavy atom. The average Bonchev–Trinajstić information content (AvgIpc) is 2.31. The van der Waals surface area contributed by atoms with Crippen LogP contribution in [0, 0.1) is 0 Å². The monoisotopic (exact) mass is 139 g/mol. The van der Waals surface area contributed by atoms with Gasteiger partial charge >= 0.3 is 0 Å². The first kappa shape index (κ1) is 7.12. The third-order valence-electron chi connectivity index (χ3n) is 1.39. The van der Waals surface area contributed by atoms with Crippen LogP contribution in [-0.2, 0) is 6.54 Å². The van der Waals surface area contributed by atoms with Crippen LogP contribution in [0.5, 0.6) is 0 Å². The van der Waals surface area contributed by atoms with E-state index in [1.807, 2.05) is 10.9 Å². The number of aryl methyl sites for hydroxylation is 1. The molecule has 0 amide bonds. The van der Waals surface area contributed by atoms with E-state index in [9.17, 15) is 0 Å². The summed E-state index contributed by atoms with van der Waals surface area (Å²) in [5.41, 5.74) is 6.21. The molecule has 0 fully saturated rings. The fourth-order valence-electron chi connectivity index (χ4n) is 0.822. The highest BCUT2D eigenvalue weighted by Crippen LogP contribution is 1.99. The Morgan fingerprint density at radius 1 is 1.70 bits per heavy atom. The molecule has 0 saturated heterocycles. The van der Waals surface area contributed by atoms with Gasteiger partial charge in [-0.2, -0.15) is 5.10 Å². The molecule has 10 heavy (non-hydrogen) atoms. The molecule has 0 aromatic carbocycles. The predicted molar refractivity (Wildman–Crippen MR) is 41.5 cm³/mol. The van der Waals surface area contributed by atoms with E-state index in [2.05, 4.69) is 12.0 Å². The Hall–Kier alpha value is -0.990. The molecule has 1 rings (SSSR count). The maximum Gasteiger partial charge on any atom is 0.0719 e. The molecule has 0 aliphatic carbocycles. The van der Waals surface area contributed by atoms with E-state index in [1.165, 1.54) is 12.8 Å². The van der Waals surface area contributed by atoms with Crippen LogP contribution in [0.15, 0.2) is 12.4 Å². The Labute approximate surface area is 60.8 Å². The van der Waals surface area contributed by atoms with Gasteiger partial charge in [0.15, 0.2) is 0 Å². The maximum atomic E-state index is 5.47. The molecule has 56 valence electrons. The van der Waals surface area contributed by atoms with Gasteiger partial charge in [-0.25, -0.2) is 0 Å². The van der Waals surface area contributed by atoms with Crippen LogP contribution >= 0.6 is 0 Å². The van der Waals surface area contributed by atoms with Gasteiger partial charge < -0.3 is 5.73 Å². The van der Waals surface area contributed by atoms with Crippen molar-refractivity contribution in [3.63, 3.8) is 0 Å². The molecule has 0 spiro atoms. The number of hydrogen-bond acceptors (Lipinski definition) is 2. The van der Waals surface area contributed by atoms with Crippen molar-refractivity contribution in [1.29, 1.82) is 0 Å². The molecular weight excluding hydrogens is 126 g/mol. The molecule has 1 aromatic heterocycles. The predicted octanol–water partition coefficient (Wildman–Crippen LogP) is 1.27. The molecule has 0 bridgehead atoms. The van der Waals surface area contributed by atoms with Gasteiger partial charge in [0, 0.05) is 12.7 Å². The van der Waals surface area contributed by atoms with E-state index in [4.69, 9.17) is 5.73 Å². The van der Waals surface area contributed by atoms with Crippen LogP contribution in [0.25, 0.3) is 0 Å². The minimum Gasteiger partial charge on any atom is -0.396 e. The Kier molecular flexibility index (Phi) is 2.31. The lowest BCUT2D eigenvalue weighted by Gasteiger charge is -1.96. The highest BCUT2D eigenvalue weighted by molar-refractivity contribution is 5.30. The summed E-state index contributed by atoms with van der Waals surface area (Å²) in [6.07, 6.45) is 5.90. The van der Waals surface area contributed by atoms with Crippen LogP contribution < -0.4 is 5.73 Å². The molecule has 1 aromatic rings. The Bertz CT molecular complexity index is 192. The summed E-state index contributed by atoms with van der Waals surface area (Å²) in [6.45, 7) is 3.14. The second-order valence-electron chi connectivity index (χ2n) is 2.39. The van der Waals surface area contributed by atoms with Gasteiger partial charge in [0.2, 0.25) is 0 Å². The summed E-state index contributed by atoms with van der Waals surface area (Å²) in [7, 11) is 0. The third-order valence-corrected chi connectivity index (χ3v) is 1.39. The quantitative estimate of drug-likeness (QED) is 0.685. The number of nitrogens with two attached hydrogens (primary N) is 1. The minimum atomic E-state index is 0.746. The first-order chi connectivity index (χ1) is 4.83. The van der Waals surface area contributed by atoms with Gasteiger partial charge in [0.25, 0.3) is 0 Å². The Morgan fingerprint density at radius 3 is 3.00 bits per heavy atom. The molecule has 0 atom stereocenters. The number of aromatic nitrogens is 2. The lowest BCUT2D eigenvalue weighted by atomic mass is 10.3. The van der Waals surface area contributed by atoms with Crippen LogP contribution in [0.1, 0.15) is 19.8 Å². The highest BCUT2D eigenvalue weighted by Gasteiger charge is 1.91. The normalized spacial score (nSPS) is 10.1. The van der Waals surface area contributed by atoms with Crippen molar-refractivity contribution in [2.75, 3.05) is 5.73 Å². The molecule has 2 N–H and O–H groups in total. The zero-order valence-electron chi connectivity index (χ0n) is 6.25. The van der Waals surface area contributed by atoms with Crippen molar-refractivity contribution in [3.05, 3.63) is 12.4 Å². The average molecular weight is 139 g/mol. The zero-order chi connectivity index (χ0) is 7.40. The highest BCUT2D eigenvalue weighted by atomic mass is 15.3. The molecule has 3 heteroatoms. The standard InChI is InChI=1S/C7H13N3/c1-2-3-4-10-6-7(8)5-9-10/h5-6H,2-4,8H2,1H3. The minimum absolute atomic E-state index is 0.746. The number of nitrogens with zero attached hydrogens (tertiary/aromatic N) is 2. The molecule has 0 aliphatic heterocycles. The van der Waals surface area contributed by atoms with Crippen molar-refractivity contribution in [2.45, 2.75) is 26.3 Å². The lowest BCUT2D eigenvalue weighted by molar-refractivity contribution is 0.572. The van der Waals surface area contributed by atoms with Crippen LogP contribution in [-0.4, -0.2) is 9.78 Å². The molecule has 0 unspecified atom stereocenters. The van der Waals surface area contributed by atoms with Crippen molar-refractivity contribution < 1.29 is 0 Å².